The first-order chi connectivity index (χ1) is 10.0. The molecule has 0 bridgehead atoms. The van der Waals surface area contributed by atoms with Gasteiger partial charge in [-0.25, -0.2) is 4.79 Å². The van der Waals surface area contributed by atoms with Gasteiger partial charge in [-0.2, -0.15) is 0 Å². The van der Waals surface area contributed by atoms with Crippen LogP contribution in [0.2, 0.25) is 0 Å². The second kappa shape index (κ2) is 6.76. The zero-order valence-electron chi connectivity index (χ0n) is 12.0. The van der Waals surface area contributed by atoms with E-state index in [-0.39, 0.29) is 18.3 Å². The minimum atomic E-state index is -0.724. The van der Waals surface area contributed by atoms with Crippen LogP contribution in [0.15, 0.2) is 23.1 Å². The molecule has 6 heteroatoms. The van der Waals surface area contributed by atoms with Crippen LogP contribution in [0.3, 0.4) is 0 Å². The number of amides is 1. The standard InChI is InChI=1S/C15H17NO4S/c1-3-20-15(19)9(2)16-14(18)11-6-4-5-10-12(17)7-8-21-13(10)11/h4-6,9H,3,7-8H2,1-2H3,(H,16,18). The Balaban J connectivity index is 2.19. The van der Waals surface area contributed by atoms with Gasteiger partial charge in [-0.05, 0) is 19.9 Å². The SMILES string of the molecule is CCOC(=O)C(C)NC(=O)c1cccc2c1SCCC2=O. The number of thioether (sulfide) groups is 1. The number of Topliss-reactive ketones (excluding diaryl/α,β-unsaturated/α-hetero) is 1. The molecule has 1 aromatic carbocycles. The third-order valence-corrected chi connectivity index (χ3v) is 4.26. The average Bonchev–Trinajstić information content (AvgIpc) is 2.47. The summed E-state index contributed by atoms with van der Waals surface area (Å²) in [5.74, 6) is -0.116. The minimum Gasteiger partial charge on any atom is -0.464 e. The molecule has 21 heavy (non-hydrogen) atoms. The molecule has 5 nitrogen and oxygen atoms in total. The molecular formula is C15H17NO4S. The number of rotatable bonds is 4. The number of carbonyl (C=O) groups is 3. The fraction of sp³-hybridized carbons (Fsp3) is 0.400. The van der Waals surface area contributed by atoms with E-state index in [1.165, 1.54) is 11.8 Å². The van der Waals surface area contributed by atoms with E-state index >= 15 is 0 Å². The van der Waals surface area contributed by atoms with Crippen molar-refractivity contribution in [1.82, 2.24) is 5.32 Å². The molecule has 1 aliphatic heterocycles. The van der Waals surface area contributed by atoms with E-state index in [0.717, 1.165) is 0 Å². The first-order valence-corrected chi connectivity index (χ1v) is 7.79. The maximum atomic E-state index is 12.3. The van der Waals surface area contributed by atoms with E-state index in [1.54, 1.807) is 32.0 Å². The normalized spacial score (nSPS) is 15.0. The third-order valence-electron chi connectivity index (χ3n) is 3.12. The van der Waals surface area contributed by atoms with E-state index < -0.39 is 12.0 Å². The highest BCUT2D eigenvalue weighted by molar-refractivity contribution is 7.99. The molecule has 1 N–H and O–H groups in total. The maximum absolute atomic E-state index is 12.3. The largest absolute Gasteiger partial charge is 0.464 e. The predicted octanol–water partition coefficient (Wildman–Crippen LogP) is 2.05. The van der Waals surface area contributed by atoms with Crippen LogP contribution in [0.4, 0.5) is 0 Å². The molecule has 0 aliphatic carbocycles. The van der Waals surface area contributed by atoms with E-state index in [9.17, 15) is 14.4 Å². The minimum absolute atomic E-state index is 0.0526. The van der Waals surface area contributed by atoms with Gasteiger partial charge >= 0.3 is 5.97 Å². The second-order valence-electron chi connectivity index (χ2n) is 4.65. The third kappa shape index (κ3) is 3.44. The van der Waals surface area contributed by atoms with Gasteiger partial charge in [0.2, 0.25) is 0 Å². The molecule has 0 radical (unpaired) electrons. The lowest BCUT2D eigenvalue weighted by atomic mass is 10.0. The van der Waals surface area contributed by atoms with Crippen molar-refractivity contribution in [2.75, 3.05) is 12.4 Å². The van der Waals surface area contributed by atoms with Crippen molar-refractivity contribution in [3.05, 3.63) is 29.3 Å². The van der Waals surface area contributed by atoms with Crippen molar-refractivity contribution >= 4 is 29.4 Å². The lowest BCUT2D eigenvalue weighted by Crippen LogP contribution is -2.39. The summed E-state index contributed by atoms with van der Waals surface area (Å²) in [6.45, 7) is 3.55. The quantitative estimate of drug-likeness (QED) is 0.862. The summed E-state index contributed by atoms with van der Waals surface area (Å²) >= 11 is 1.50. The molecule has 1 aliphatic rings. The molecule has 0 saturated heterocycles. The van der Waals surface area contributed by atoms with Crippen LogP contribution in [-0.2, 0) is 9.53 Å². The fourth-order valence-corrected chi connectivity index (χ4v) is 3.22. The number of benzene rings is 1. The summed E-state index contributed by atoms with van der Waals surface area (Å²) in [6.07, 6.45) is 0.488. The van der Waals surface area contributed by atoms with Crippen molar-refractivity contribution < 1.29 is 19.1 Å². The predicted molar refractivity (Wildman–Crippen MR) is 79.7 cm³/mol. The number of carbonyl (C=O) groups excluding carboxylic acids is 3. The topological polar surface area (TPSA) is 72.5 Å². The highest BCUT2D eigenvalue weighted by Crippen LogP contribution is 2.32. The molecule has 0 spiro atoms. The van der Waals surface area contributed by atoms with Crippen molar-refractivity contribution in [1.29, 1.82) is 0 Å². The Labute approximate surface area is 127 Å². The van der Waals surface area contributed by atoms with Crippen LogP contribution < -0.4 is 5.32 Å². The van der Waals surface area contributed by atoms with Crippen LogP contribution in [0.1, 0.15) is 41.0 Å². The van der Waals surface area contributed by atoms with Gasteiger partial charge in [-0.3, -0.25) is 9.59 Å². The number of ether oxygens (including phenoxy) is 1. The first-order valence-electron chi connectivity index (χ1n) is 6.81. The van der Waals surface area contributed by atoms with Gasteiger partial charge in [0.1, 0.15) is 6.04 Å². The van der Waals surface area contributed by atoms with Gasteiger partial charge in [0.05, 0.1) is 12.2 Å². The Morgan fingerprint density at radius 2 is 2.19 bits per heavy atom. The molecule has 112 valence electrons. The molecular weight excluding hydrogens is 290 g/mol. The summed E-state index contributed by atoms with van der Waals surface area (Å²) in [7, 11) is 0. The summed E-state index contributed by atoms with van der Waals surface area (Å²) in [6, 6.07) is 4.36. The summed E-state index contributed by atoms with van der Waals surface area (Å²) in [5.41, 5.74) is 1.02. The Morgan fingerprint density at radius 1 is 1.43 bits per heavy atom. The molecule has 2 rings (SSSR count). The van der Waals surface area contributed by atoms with Crippen molar-refractivity contribution in [2.45, 2.75) is 31.2 Å². The molecule has 1 atom stereocenters. The summed E-state index contributed by atoms with van der Waals surface area (Å²) in [5, 5.41) is 2.61. The summed E-state index contributed by atoms with van der Waals surface area (Å²) in [4.78, 5) is 36.4. The molecule has 1 amide bonds. The van der Waals surface area contributed by atoms with E-state index in [1.807, 2.05) is 0 Å². The van der Waals surface area contributed by atoms with Crippen LogP contribution in [-0.4, -0.2) is 36.1 Å². The summed E-state index contributed by atoms with van der Waals surface area (Å²) < 4.78 is 4.86. The zero-order valence-corrected chi connectivity index (χ0v) is 12.8. The Morgan fingerprint density at radius 3 is 2.90 bits per heavy atom. The van der Waals surface area contributed by atoms with Gasteiger partial charge in [-0.1, -0.05) is 12.1 Å². The highest BCUT2D eigenvalue weighted by Gasteiger charge is 2.25. The second-order valence-corrected chi connectivity index (χ2v) is 5.76. The van der Waals surface area contributed by atoms with E-state index in [2.05, 4.69) is 5.32 Å². The van der Waals surface area contributed by atoms with E-state index in [0.29, 0.717) is 28.2 Å². The van der Waals surface area contributed by atoms with Crippen molar-refractivity contribution in [3.63, 3.8) is 0 Å². The Hall–Kier alpha value is -1.82. The first kappa shape index (κ1) is 15.6. The molecule has 0 saturated carbocycles. The number of fused-ring (bicyclic) bond motifs is 1. The Bertz CT molecular complexity index is 585. The zero-order chi connectivity index (χ0) is 15.4. The number of esters is 1. The Kier molecular flexibility index (Phi) is 5.01. The van der Waals surface area contributed by atoms with Crippen molar-refractivity contribution in [3.8, 4) is 0 Å². The monoisotopic (exact) mass is 307 g/mol. The van der Waals surface area contributed by atoms with E-state index in [4.69, 9.17) is 4.74 Å². The number of hydrogen-bond acceptors (Lipinski definition) is 5. The van der Waals surface area contributed by atoms with Gasteiger partial charge in [0, 0.05) is 22.6 Å². The maximum Gasteiger partial charge on any atom is 0.328 e. The smallest absolute Gasteiger partial charge is 0.328 e. The highest BCUT2D eigenvalue weighted by atomic mass is 32.2. The number of hydrogen-bond donors (Lipinski definition) is 1. The van der Waals surface area contributed by atoms with Crippen molar-refractivity contribution in [2.24, 2.45) is 0 Å². The lowest BCUT2D eigenvalue weighted by molar-refractivity contribution is -0.144. The lowest BCUT2D eigenvalue weighted by Gasteiger charge is -2.18. The van der Waals surface area contributed by atoms with Crippen LogP contribution in [0.5, 0.6) is 0 Å². The van der Waals surface area contributed by atoms with Crippen LogP contribution in [0.25, 0.3) is 0 Å². The average molecular weight is 307 g/mol. The van der Waals surface area contributed by atoms with Gasteiger partial charge in [-0.15, -0.1) is 11.8 Å². The molecule has 1 unspecified atom stereocenters. The number of nitrogens with one attached hydrogen (secondary N) is 1. The van der Waals surface area contributed by atoms with Crippen LogP contribution in [0, 0.1) is 0 Å². The molecule has 1 aromatic rings. The molecule has 0 aromatic heterocycles. The van der Waals surface area contributed by atoms with Gasteiger partial charge in [0.15, 0.2) is 5.78 Å². The van der Waals surface area contributed by atoms with Gasteiger partial charge < -0.3 is 10.1 Å². The number of ketones is 1. The van der Waals surface area contributed by atoms with Crippen LogP contribution >= 0.6 is 11.8 Å². The van der Waals surface area contributed by atoms with Gasteiger partial charge in [0.25, 0.3) is 5.91 Å². The molecule has 0 fully saturated rings. The molecule has 1 heterocycles. The fourth-order valence-electron chi connectivity index (χ4n) is 2.07.